The third kappa shape index (κ3) is 3.44. The molecule has 1 unspecified atom stereocenters. The van der Waals surface area contributed by atoms with Gasteiger partial charge in [-0.2, -0.15) is 5.26 Å². The Balaban J connectivity index is 1.73. The zero-order valence-corrected chi connectivity index (χ0v) is 14.0. The number of halogens is 1. The zero-order valence-electron chi connectivity index (χ0n) is 14.0. The number of allylic oxidation sites excluding steroid dienone is 1. The van der Waals surface area contributed by atoms with Gasteiger partial charge in [0.25, 0.3) is 0 Å². The van der Waals surface area contributed by atoms with E-state index in [0.717, 1.165) is 24.0 Å². The Bertz CT molecular complexity index is 746. The second-order valence-corrected chi connectivity index (χ2v) is 6.26. The predicted molar refractivity (Wildman–Crippen MR) is 90.9 cm³/mol. The number of anilines is 2. The number of cyclic esters (lactones) is 1. The van der Waals surface area contributed by atoms with Crippen LogP contribution in [0.4, 0.5) is 20.6 Å². The van der Waals surface area contributed by atoms with Crippen molar-refractivity contribution in [2.24, 2.45) is 0 Å². The highest BCUT2D eigenvalue weighted by Gasteiger charge is 2.32. The van der Waals surface area contributed by atoms with Gasteiger partial charge >= 0.3 is 6.09 Å². The van der Waals surface area contributed by atoms with Crippen LogP contribution in [0.2, 0.25) is 0 Å². The van der Waals surface area contributed by atoms with Gasteiger partial charge in [-0.05, 0) is 38.0 Å². The van der Waals surface area contributed by atoms with Gasteiger partial charge in [0, 0.05) is 18.7 Å². The Kier molecular flexibility index (Phi) is 4.91. The van der Waals surface area contributed by atoms with Gasteiger partial charge in [0.05, 0.1) is 30.6 Å². The van der Waals surface area contributed by atoms with Crippen molar-refractivity contribution in [3.63, 3.8) is 0 Å². The molecule has 132 valence electrons. The largest absolute Gasteiger partial charge is 0.441 e. The van der Waals surface area contributed by atoms with Crippen LogP contribution in [0.5, 0.6) is 0 Å². The third-order valence-corrected chi connectivity index (χ3v) is 4.73. The van der Waals surface area contributed by atoms with Crippen molar-refractivity contribution in [1.82, 2.24) is 0 Å². The summed E-state index contributed by atoms with van der Waals surface area (Å²) < 4.78 is 19.6. The lowest BCUT2D eigenvalue weighted by Gasteiger charge is -2.31. The summed E-state index contributed by atoms with van der Waals surface area (Å²) >= 11 is 0. The van der Waals surface area contributed by atoms with E-state index >= 15 is 0 Å². The number of rotatable bonds is 3. The number of ether oxygens (including phenoxy) is 1. The lowest BCUT2D eigenvalue weighted by Crippen LogP contribution is -2.32. The smallest absolute Gasteiger partial charge is 0.414 e. The summed E-state index contributed by atoms with van der Waals surface area (Å²) in [7, 11) is 0. The molecule has 2 heterocycles. The van der Waals surface area contributed by atoms with Gasteiger partial charge in [0.2, 0.25) is 0 Å². The number of aliphatic hydroxyl groups is 1. The van der Waals surface area contributed by atoms with Crippen LogP contribution in [-0.2, 0) is 4.74 Å². The van der Waals surface area contributed by atoms with E-state index in [1.54, 1.807) is 12.1 Å². The van der Waals surface area contributed by atoms with Crippen molar-refractivity contribution in [3.8, 4) is 6.07 Å². The second-order valence-electron chi connectivity index (χ2n) is 6.26. The molecule has 1 atom stereocenters. The van der Waals surface area contributed by atoms with Crippen molar-refractivity contribution >= 4 is 17.5 Å². The molecule has 2 aliphatic rings. The Morgan fingerprint density at radius 3 is 2.72 bits per heavy atom. The fraction of sp³-hybridized carbons (Fsp3) is 0.444. The molecule has 1 amide bonds. The van der Waals surface area contributed by atoms with E-state index in [9.17, 15) is 9.18 Å². The molecule has 0 aromatic heterocycles. The highest BCUT2D eigenvalue weighted by Crippen LogP contribution is 2.30. The molecule has 7 heteroatoms. The van der Waals surface area contributed by atoms with Crippen molar-refractivity contribution < 1.29 is 19.0 Å². The average Bonchev–Trinajstić information content (AvgIpc) is 3.02. The molecule has 1 N–H and O–H groups in total. The summed E-state index contributed by atoms with van der Waals surface area (Å²) in [5.41, 5.74) is 2.79. The van der Waals surface area contributed by atoms with Crippen LogP contribution in [0.1, 0.15) is 19.8 Å². The number of nitriles is 1. The van der Waals surface area contributed by atoms with Crippen molar-refractivity contribution in [2.45, 2.75) is 25.9 Å². The summed E-state index contributed by atoms with van der Waals surface area (Å²) in [4.78, 5) is 15.1. The highest BCUT2D eigenvalue weighted by molar-refractivity contribution is 5.90. The van der Waals surface area contributed by atoms with Crippen LogP contribution >= 0.6 is 0 Å². The molecule has 0 radical (unpaired) electrons. The second kappa shape index (κ2) is 7.11. The number of carbonyl (C=O) groups excluding carboxylic acids is 1. The van der Waals surface area contributed by atoms with E-state index in [2.05, 4.69) is 6.07 Å². The minimum absolute atomic E-state index is 0.208. The lowest BCUT2D eigenvalue weighted by atomic mass is 9.99. The zero-order chi connectivity index (χ0) is 18.0. The average molecular weight is 345 g/mol. The topological polar surface area (TPSA) is 76.8 Å². The van der Waals surface area contributed by atoms with Gasteiger partial charge in [-0.3, -0.25) is 4.90 Å². The first-order valence-electron chi connectivity index (χ1n) is 8.25. The van der Waals surface area contributed by atoms with E-state index in [0.29, 0.717) is 24.5 Å². The number of aliphatic hydroxyl groups excluding tert-OH is 1. The van der Waals surface area contributed by atoms with E-state index in [4.69, 9.17) is 15.1 Å². The minimum Gasteiger partial charge on any atom is -0.441 e. The van der Waals surface area contributed by atoms with Gasteiger partial charge in [-0.15, -0.1) is 0 Å². The van der Waals surface area contributed by atoms with Gasteiger partial charge in [0.1, 0.15) is 11.9 Å². The predicted octanol–water partition coefficient (Wildman–Crippen LogP) is 2.58. The van der Waals surface area contributed by atoms with E-state index < -0.39 is 18.0 Å². The molecular weight excluding hydrogens is 325 g/mol. The summed E-state index contributed by atoms with van der Waals surface area (Å²) in [6, 6.07) is 6.84. The molecule has 25 heavy (non-hydrogen) atoms. The summed E-state index contributed by atoms with van der Waals surface area (Å²) in [6.07, 6.45) is 0.339. The number of carbonyl (C=O) groups is 1. The summed E-state index contributed by atoms with van der Waals surface area (Å²) in [5.74, 6) is -0.401. The normalized spacial score (nSPS) is 20.5. The number of nitrogens with zero attached hydrogens (tertiary/aromatic N) is 3. The van der Waals surface area contributed by atoms with Crippen LogP contribution in [0.3, 0.4) is 0 Å². The molecule has 0 spiro atoms. The van der Waals surface area contributed by atoms with Crippen LogP contribution in [0, 0.1) is 17.1 Å². The minimum atomic E-state index is -0.578. The van der Waals surface area contributed by atoms with Crippen LogP contribution in [0.15, 0.2) is 29.3 Å². The number of piperidine rings is 1. The Hall–Kier alpha value is -2.59. The number of hydrogen-bond acceptors (Lipinski definition) is 5. The maximum absolute atomic E-state index is 14.6. The molecule has 0 aliphatic carbocycles. The van der Waals surface area contributed by atoms with Crippen molar-refractivity contribution in [2.75, 3.05) is 36.0 Å². The summed E-state index contributed by atoms with van der Waals surface area (Å²) in [5, 5.41) is 18.1. The standard InChI is InChI=1S/C18H20FN3O3/c1-12(9-20)13-4-6-21(7-5-13)17-3-2-14(8-16(17)19)22-10-15(11-23)25-18(22)24/h2-3,8,15,23H,4-7,10-11H2,1H3. The first-order valence-corrected chi connectivity index (χ1v) is 8.25. The summed E-state index contributed by atoms with van der Waals surface area (Å²) in [6.45, 7) is 3.08. The third-order valence-electron chi connectivity index (χ3n) is 4.73. The van der Waals surface area contributed by atoms with Crippen molar-refractivity contribution in [1.29, 1.82) is 5.26 Å². The SMILES string of the molecule is CC(C#N)=C1CCN(c2ccc(N3CC(CO)OC3=O)cc2F)CC1. The molecule has 0 bridgehead atoms. The number of benzene rings is 1. The van der Waals surface area contributed by atoms with Gasteiger partial charge < -0.3 is 14.7 Å². The lowest BCUT2D eigenvalue weighted by molar-refractivity contribution is 0.0963. The Morgan fingerprint density at radius 1 is 1.44 bits per heavy atom. The molecule has 0 saturated carbocycles. The molecular formula is C18H20FN3O3. The fourth-order valence-corrected chi connectivity index (χ4v) is 3.22. The Labute approximate surface area is 145 Å². The van der Waals surface area contributed by atoms with Crippen molar-refractivity contribution in [3.05, 3.63) is 35.2 Å². The number of amides is 1. The molecule has 6 nitrogen and oxygen atoms in total. The van der Waals surface area contributed by atoms with E-state index in [-0.39, 0.29) is 13.2 Å². The first kappa shape index (κ1) is 17.2. The Morgan fingerprint density at radius 2 is 2.16 bits per heavy atom. The first-order chi connectivity index (χ1) is 12.0. The van der Waals surface area contributed by atoms with Gasteiger partial charge in [-0.25, -0.2) is 9.18 Å². The molecule has 2 aliphatic heterocycles. The molecule has 1 aromatic rings. The van der Waals surface area contributed by atoms with E-state index in [1.165, 1.54) is 11.0 Å². The van der Waals surface area contributed by atoms with Crippen LogP contribution < -0.4 is 9.80 Å². The van der Waals surface area contributed by atoms with Crippen LogP contribution in [-0.4, -0.2) is 43.5 Å². The molecule has 2 fully saturated rings. The number of hydrogen-bond donors (Lipinski definition) is 1. The maximum atomic E-state index is 14.6. The fourth-order valence-electron chi connectivity index (χ4n) is 3.22. The quantitative estimate of drug-likeness (QED) is 0.852. The maximum Gasteiger partial charge on any atom is 0.414 e. The molecule has 2 saturated heterocycles. The van der Waals surface area contributed by atoms with Gasteiger partial charge in [-0.1, -0.05) is 5.57 Å². The molecule has 1 aromatic carbocycles. The molecule has 3 rings (SSSR count). The highest BCUT2D eigenvalue weighted by atomic mass is 19.1. The monoisotopic (exact) mass is 345 g/mol. The van der Waals surface area contributed by atoms with E-state index in [1.807, 2.05) is 11.8 Å². The van der Waals surface area contributed by atoms with Crippen LogP contribution in [0.25, 0.3) is 0 Å². The van der Waals surface area contributed by atoms with Gasteiger partial charge in [0.15, 0.2) is 0 Å².